The number of hydrogen-bond donors (Lipinski definition) is 1. The summed E-state index contributed by atoms with van der Waals surface area (Å²) in [7, 11) is 0. The lowest BCUT2D eigenvalue weighted by Crippen LogP contribution is -2.59. The Labute approximate surface area is 210 Å². The van der Waals surface area contributed by atoms with Crippen LogP contribution in [-0.4, -0.2) is 46.3 Å². The summed E-state index contributed by atoms with van der Waals surface area (Å²) < 4.78 is 20.9. The Hall–Kier alpha value is -2.52. The third-order valence-corrected chi connectivity index (χ3v) is 5.49. The van der Waals surface area contributed by atoms with E-state index in [1.165, 1.54) is 0 Å². The monoisotopic (exact) mass is 526 g/mol. The molecule has 0 aromatic heterocycles. The normalized spacial score (nSPS) is 24.5. The third kappa shape index (κ3) is 6.76. The topological polar surface area (TPSA) is 127 Å². The van der Waals surface area contributed by atoms with E-state index in [0.29, 0.717) is 0 Å². The van der Waals surface area contributed by atoms with Crippen LogP contribution < -0.4 is 0 Å². The highest BCUT2D eigenvalue weighted by Gasteiger charge is 2.50. The molecule has 9 nitrogen and oxygen atoms in total. The van der Waals surface area contributed by atoms with Crippen molar-refractivity contribution < 1.29 is 23.7 Å². The third-order valence-electron chi connectivity index (χ3n) is 4.97. The van der Waals surface area contributed by atoms with Gasteiger partial charge in [0.15, 0.2) is 6.10 Å². The molecule has 0 saturated carbocycles. The van der Waals surface area contributed by atoms with Crippen LogP contribution in [0, 0.1) is 5.41 Å². The van der Waals surface area contributed by atoms with E-state index < -0.39 is 46.3 Å². The van der Waals surface area contributed by atoms with E-state index in [9.17, 15) is 4.79 Å². The van der Waals surface area contributed by atoms with Gasteiger partial charge in [0, 0.05) is 4.91 Å². The number of ether oxygens (including phenoxy) is 4. The van der Waals surface area contributed by atoms with E-state index in [4.69, 9.17) is 64.7 Å². The number of esters is 1. The summed E-state index contributed by atoms with van der Waals surface area (Å²) in [6.45, 7) is 1.68. The van der Waals surface area contributed by atoms with E-state index >= 15 is 0 Å². The Bertz CT molecular complexity index is 1030. The molecule has 1 fully saturated rings. The Balaban J connectivity index is 1.94. The lowest BCUT2D eigenvalue weighted by atomic mass is 9.97. The summed E-state index contributed by atoms with van der Waals surface area (Å²) >= 11 is 17.3. The first kappa shape index (κ1) is 26.1. The van der Waals surface area contributed by atoms with Crippen LogP contribution in [0.15, 0.2) is 65.8 Å². The second kappa shape index (κ2) is 11.8. The molecule has 2 aromatic carbocycles. The summed E-state index contributed by atoms with van der Waals surface area (Å²) in [6, 6.07) is 16.5. The van der Waals surface area contributed by atoms with Gasteiger partial charge in [0.1, 0.15) is 12.1 Å². The fraction of sp³-hybridized carbons (Fsp3) is 0.364. The van der Waals surface area contributed by atoms with Crippen molar-refractivity contribution in [2.45, 2.75) is 48.0 Å². The first-order valence-corrected chi connectivity index (χ1v) is 11.3. The minimum Gasteiger partial charge on any atom is -0.455 e. The van der Waals surface area contributed by atoms with Gasteiger partial charge in [0.25, 0.3) is 3.79 Å². The first-order chi connectivity index (χ1) is 16.2. The molecule has 1 aliphatic heterocycles. The number of benzene rings is 2. The maximum Gasteiger partial charge on any atom is 0.338 e. The summed E-state index contributed by atoms with van der Waals surface area (Å²) in [6.07, 6.45) is -4.36. The van der Waals surface area contributed by atoms with Crippen molar-refractivity contribution in [3.63, 3.8) is 0 Å². The van der Waals surface area contributed by atoms with Gasteiger partial charge < -0.3 is 18.9 Å². The standard InChI is InChI=1S/C22H21Cl3N4O5/c1-13-16(28-29-27)17(33-19(30)15-10-6-3-7-11-15)18(31-12-14-8-4-2-5-9-14)20(32-13)34-21(26)22(23,24)25/h2-11,13,16-18,20,26H,12H2,1H3/t13-,16-,17+,18+,20-/m1/s1. The average molecular weight is 528 g/mol. The lowest BCUT2D eigenvalue weighted by molar-refractivity contribution is -0.258. The molecule has 0 spiro atoms. The molecule has 34 heavy (non-hydrogen) atoms. The molecule has 0 unspecified atom stereocenters. The molecule has 5 atom stereocenters. The summed E-state index contributed by atoms with van der Waals surface area (Å²) in [4.78, 5) is 15.7. The van der Waals surface area contributed by atoms with Gasteiger partial charge in [-0.25, -0.2) is 4.79 Å². The number of hydrogen-bond acceptors (Lipinski definition) is 7. The Morgan fingerprint density at radius 2 is 1.71 bits per heavy atom. The number of azide groups is 1. The lowest BCUT2D eigenvalue weighted by Gasteiger charge is -2.43. The molecule has 1 heterocycles. The van der Waals surface area contributed by atoms with Crippen LogP contribution in [0.1, 0.15) is 22.8 Å². The predicted octanol–water partition coefficient (Wildman–Crippen LogP) is 5.59. The van der Waals surface area contributed by atoms with Gasteiger partial charge in [-0.15, -0.1) is 0 Å². The zero-order valence-electron chi connectivity index (χ0n) is 17.9. The minimum atomic E-state index is -2.16. The Morgan fingerprint density at radius 1 is 1.09 bits per heavy atom. The quantitative estimate of drug-likeness (QED) is 0.0955. The van der Waals surface area contributed by atoms with Crippen molar-refractivity contribution in [3.05, 3.63) is 82.2 Å². The van der Waals surface area contributed by atoms with Crippen LogP contribution in [0.4, 0.5) is 0 Å². The second-order valence-electron chi connectivity index (χ2n) is 7.35. The Morgan fingerprint density at radius 3 is 2.29 bits per heavy atom. The maximum atomic E-state index is 12.9. The molecule has 0 amide bonds. The van der Waals surface area contributed by atoms with Gasteiger partial charge in [-0.2, -0.15) is 0 Å². The highest BCUT2D eigenvalue weighted by atomic mass is 35.6. The van der Waals surface area contributed by atoms with Gasteiger partial charge in [-0.1, -0.05) is 88.4 Å². The maximum absolute atomic E-state index is 12.9. The van der Waals surface area contributed by atoms with E-state index in [1.54, 1.807) is 37.3 Å². The van der Waals surface area contributed by atoms with Gasteiger partial charge in [0.05, 0.1) is 18.3 Å². The number of halogens is 3. The molecule has 3 rings (SSSR count). The van der Waals surface area contributed by atoms with Crippen LogP contribution >= 0.6 is 34.8 Å². The summed E-state index contributed by atoms with van der Waals surface area (Å²) in [5.74, 6) is -1.38. The van der Waals surface area contributed by atoms with Crippen LogP contribution in [-0.2, 0) is 25.6 Å². The van der Waals surface area contributed by atoms with E-state index in [2.05, 4.69) is 10.0 Å². The van der Waals surface area contributed by atoms with Crippen molar-refractivity contribution >= 4 is 46.7 Å². The number of carbonyl (C=O) groups excluding carboxylic acids is 1. The van der Waals surface area contributed by atoms with Crippen LogP contribution in [0.25, 0.3) is 10.4 Å². The van der Waals surface area contributed by atoms with Gasteiger partial charge in [-0.05, 0) is 30.2 Å². The largest absolute Gasteiger partial charge is 0.455 e. The van der Waals surface area contributed by atoms with Crippen molar-refractivity contribution in [2.75, 3.05) is 0 Å². The predicted molar refractivity (Wildman–Crippen MR) is 127 cm³/mol. The van der Waals surface area contributed by atoms with Crippen LogP contribution in [0.5, 0.6) is 0 Å². The number of carbonyl (C=O) groups is 1. The molecule has 1 N–H and O–H groups in total. The van der Waals surface area contributed by atoms with E-state index in [0.717, 1.165) is 5.56 Å². The fourth-order valence-corrected chi connectivity index (χ4v) is 3.46. The van der Waals surface area contributed by atoms with E-state index in [1.807, 2.05) is 30.3 Å². The highest BCUT2D eigenvalue weighted by Crippen LogP contribution is 2.34. The number of alkyl halides is 3. The molecule has 1 aliphatic rings. The summed E-state index contributed by atoms with van der Waals surface area (Å²) in [5.41, 5.74) is 10.2. The SMILES string of the molecule is C[C@H]1O[C@H](OC(=N)C(Cl)(Cl)Cl)[C@@H](OCc2ccccc2)[C@@H](OC(=O)c2ccccc2)[C@@H]1N=[N+]=[N-]. The molecule has 180 valence electrons. The van der Waals surface area contributed by atoms with Gasteiger partial charge in [0.2, 0.25) is 12.2 Å². The Kier molecular flexibility index (Phi) is 9.02. The highest BCUT2D eigenvalue weighted by molar-refractivity contribution is 6.76. The van der Waals surface area contributed by atoms with Crippen molar-refractivity contribution in [3.8, 4) is 0 Å². The molecule has 1 saturated heterocycles. The zero-order valence-corrected chi connectivity index (χ0v) is 20.2. The first-order valence-electron chi connectivity index (χ1n) is 10.1. The molecule has 0 bridgehead atoms. The molecular weight excluding hydrogens is 507 g/mol. The molecule has 2 aromatic rings. The molecule has 0 radical (unpaired) electrons. The minimum absolute atomic E-state index is 0.0760. The van der Waals surface area contributed by atoms with Crippen LogP contribution in [0.2, 0.25) is 0 Å². The number of nitrogens with one attached hydrogen (secondary N) is 1. The summed E-state index contributed by atoms with van der Waals surface area (Å²) in [5, 5.41) is 11.7. The average Bonchev–Trinajstić information content (AvgIpc) is 2.81. The number of nitrogens with zero attached hydrogens (tertiary/aromatic N) is 3. The van der Waals surface area contributed by atoms with Crippen molar-refractivity contribution in [2.24, 2.45) is 5.11 Å². The van der Waals surface area contributed by atoms with Gasteiger partial charge in [-0.3, -0.25) is 5.41 Å². The van der Waals surface area contributed by atoms with Crippen molar-refractivity contribution in [1.29, 1.82) is 5.41 Å². The second-order valence-corrected chi connectivity index (χ2v) is 9.63. The molecular formula is C22H21Cl3N4O5. The molecule has 12 heteroatoms. The van der Waals surface area contributed by atoms with E-state index in [-0.39, 0.29) is 12.2 Å². The zero-order chi connectivity index (χ0) is 24.7. The fourth-order valence-electron chi connectivity index (χ4n) is 3.33. The van der Waals surface area contributed by atoms with Crippen LogP contribution in [0.3, 0.4) is 0 Å². The molecule has 0 aliphatic carbocycles. The smallest absolute Gasteiger partial charge is 0.338 e. The number of rotatable bonds is 7. The van der Waals surface area contributed by atoms with Gasteiger partial charge >= 0.3 is 5.97 Å². The van der Waals surface area contributed by atoms with Crippen molar-refractivity contribution in [1.82, 2.24) is 0 Å².